The van der Waals surface area contributed by atoms with E-state index in [1.807, 2.05) is 72.8 Å². The van der Waals surface area contributed by atoms with Crippen LogP contribution in [0.2, 0.25) is 0 Å². The Morgan fingerprint density at radius 1 is 0.913 bits per heavy atom. The molecule has 0 heterocycles. The first-order chi connectivity index (χ1) is 11.2. The van der Waals surface area contributed by atoms with Gasteiger partial charge in [0, 0.05) is 11.1 Å². The van der Waals surface area contributed by atoms with Gasteiger partial charge < -0.3 is 0 Å². The molecule has 0 fully saturated rings. The first-order valence-corrected chi connectivity index (χ1v) is 7.87. The molecule has 0 radical (unpaired) electrons. The van der Waals surface area contributed by atoms with E-state index < -0.39 is 0 Å². The third kappa shape index (κ3) is 2.99. The molecule has 114 valence electrons. The van der Waals surface area contributed by atoms with Gasteiger partial charge in [-0.1, -0.05) is 73.3 Å². The molecule has 1 amide bonds. The number of fused-ring (bicyclic) bond motifs is 1. The number of benzene rings is 3. The summed E-state index contributed by atoms with van der Waals surface area (Å²) in [6.07, 6.45) is 0. The maximum atomic E-state index is 12.5. The summed E-state index contributed by atoms with van der Waals surface area (Å²) in [5.41, 5.74) is 2.30. The summed E-state index contributed by atoms with van der Waals surface area (Å²) in [4.78, 5) is 14.1. The van der Waals surface area contributed by atoms with E-state index in [1.54, 1.807) is 4.90 Å². The minimum absolute atomic E-state index is 0.102. The van der Waals surface area contributed by atoms with Gasteiger partial charge >= 0.3 is 0 Å². The van der Waals surface area contributed by atoms with Crippen molar-refractivity contribution in [2.75, 3.05) is 10.8 Å². The van der Waals surface area contributed by atoms with Crippen LogP contribution in [0.25, 0.3) is 16.5 Å². The molecule has 3 aromatic rings. The molecule has 0 spiro atoms. The van der Waals surface area contributed by atoms with E-state index in [0.29, 0.717) is 5.70 Å². The molecule has 0 aromatic heterocycles. The molecule has 0 aliphatic heterocycles. The van der Waals surface area contributed by atoms with Gasteiger partial charge in [-0.2, -0.15) is 0 Å². The summed E-state index contributed by atoms with van der Waals surface area (Å²) < 4.78 is 0. The molecular weight excluding hydrogens is 306 g/mol. The second-order valence-electron chi connectivity index (χ2n) is 5.17. The Labute approximate surface area is 140 Å². The molecule has 0 atom stereocenters. The van der Waals surface area contributed by atoms with Crippen LogP contribution in [0.5, 0.6) is 0 Å². The molecular formula is C20H16ClNO. The molecule has 2 nitrogen and oxygen atoms in total. The van der Waals surface area contributed by atoms with Gasteiger partial charge in [-0.05, 0) is 17.0 Å². The maximum Gasteiger partial charge on any atom is 0.246 e. The number of hydrogen-bond acceptors (Lipinski definition) is 1. The van der Waals surface area contributed by atoms with Crippen molar-refractivity contribution in [3.63, 3.8) is 0 Å². The minimum Gasteiger partial charge on any atom is -0.279 e. The number of anilines is 1. The lowest BCUT2D eigenvalue weighted by Crippen LogP contribution is -2.30. The number of halogens is 1. The maximum absolute atomic E-state index is 12.5. The smallest absolute Gasteiger partial charge is 0.246 e. The highest BCUT2D eigenvalue weighted by Gasteiger charge is 2.20. The minimum atomic E-state index is -0.197. The molecule has 23 heavy (non-hydrogen) atoms. The highest BCUT2D eigenvalue weighted by atomic mass is 35.5. The van der Waals surface area contributed by atoms with Crippen molar-refractivity contribution in [3.05, 3.63) is 84.9 Å². The van der Waals surface area contributed by atoms with Crippen molar-refractivity contribution in [1.29, 1.82) is 0 Å². The summed E-state index contributed by atoms with van der Waals surface area (Å²) in [5, 5.41) is 2.06. The average Bonchev–Trinajstić information content (AvgIpc) is 2.62. The second-order valence-corrected chi connectivity index (χ2v) is 5.44. The molecule has 3 rings (SSSR count). The largest absolute Gasteiger partial charge is 0.279 e. The molecule has 0 saturated heterocycles. The normalized spacial score (nSPS) is 10.5. The molecule has 3 heteroatoms. The molecule has 0 aliphatic rings. The Morgan fingerprint density at radius 3 is 2.30 bits per heavy atom. The molecule has 0 bridgehead atoms. The molecule has 3 aromatic carbocycles. The van der Waals surface area contributed by atoms with Gasteiger partial charge in [0.1, 0.15) is 5.88 Å². The predicted octanol–water partition coefficient (Wildman–Crippen LogP) is 5.08. The van der Waals surface area contributed by atoms with Gasteiger partial charge in [-0.15, -0.1) is 11.6 Å². The van der Waals surface area contributed by atoms with E-state index in [2.05, 4.69) is 6.58 Å². The van der Waals surface area contributed by atoms with Crippen LogP contribution in [-0.4, -0.2) is 11.8 Å². The summed E-state index contributed by atoms with van der Waals surface area (Å²) in [6.45, 7) is 4.12. The van der Waals surface area contributed by atoms with E-state index in [1.165, 1.54) is 0 Å². The summed E-state index contributed by atoms with van der Waals surface area (Å²) in [6, 6.07) is 23.5. The summed E-state index contributed by atoms with van der Waals surface area (Å²) in [7, 11) is 0. The van der Waals surface area contributed by atoms with Crippen LogP contribution in [-0.2, 0) is 4.79 Å². The first-order valence-electron chi connectivity index (χ1n) is 7.33. The predicted molar refractivity (Wildman–Crippen MR) is 97.6 cm³/mol. The van der Waals surface area contributed by atoms with E-state index in [9.17, 15) is 4.79 Å². The Balaban J connectivity index is 2.16. The van der Waals surface area contributed by atoms with E-state index in [0.717, 1.165) is 22.0 Å². The topological polar surface area (TPSA) is 20.3 Å². The van der Waals surface area contributed by atoms with Crippen molar-refractivity contribution in [2.45, 2.75) is 0 Å². The zero-order valence-corrected chi connectivity index (χ0v) is 13.3. The number of hydrogen-bond donors (Lipinski definition) is 0. The van der Waals surface area contributed by atoms with Crippen LogP contribution in [0.1, 0.15) is 5.56 Å². The lowest BCUT2D eigenvalue weighted by molar-refractivity contribution is -0.115. The highest BCUT2D eigenvalue weighted by Crippen LogP contribution is 2.32. The van der Waals surface area contributed by atoms with Crippen molar-refractivity contribution in [1.82, 2.24) is 0 Å². The van der Waals surface area contributed by atoms with Gasteiger partial charge in [-0.3, -0.25) is 9.69 Å². The molecule has 0 N–H and O–H groups in total. The van der Waals surface area contributed by atoms with Crippen LogP contribution in [0.15, 0.2) is 79.4 Å². The first kappa shape index (κ1) is 15.3. The lowest BCUT2D eigenvalue weighted by atomic mass is 10.1. The summed E-state index contributed by atoms with van der Waals surface area (Å²) >= 11 is 5.85. The Hall–Kier alpha value is -2.58. The fraction of sp³-hybridized carbons (Fsp3) is 0.0500. The molecule has 0 aliphatic carbocycles. The van der Waals surface area contributed by atoms with Crippen molar-refractivity contribution < 1.29 is 4.79 Å². The van der Waals surface area contributed by atoms with E-state index in [-0.39, 0.29) is 11.8 Å². The zero-order valence-electron chi connectivity index (χ0n) is 12.6. The molecule has 0 unspecified atom stereocenters. The fourth-order valence-corrected chi connectivity index (χ4v) is 2.77. The Morgan fingerprint density at radius 2 is 1.57 bits per heavy atom. The second kappa shape index (κ2) is 6.67. The van der Waals surface area contributed by atoms with E-state index in [4.69, 9.17) is 11.6 Å². The Bertz CT molecular complexity index is 852. The van der Waals surface area contributed by atoms with Crippen molar-refractivity contribution in [2.24, 2.45) is 0 Å². The van der Waals surface area contributed by atoms with Gasteiger partial charge in [0.25, 0.3) is 0 Å². The number of alkyl halides is 1. The fourth-order valence-electron chi connectivity index (χ4n) is 2.65. The lowest BCUT2D eigenvalue weighted by Gasteiger charge is -2.26. The van der Waals surface area contributed by atoms with Gasteiger partial charge in [0.2, 0.25) is 5.91 Å². The van der Waals surface area contributed by atoms with Gasteiger partial charge in [0.15, 0.2) is 0 Å². The third-order valence-corrected chi connectivity index (χ3v) is 3.98. The number of carbonyl (C=O) groups is 1. The third-order valence-electron chi connectivity index (χ3n) is 3.75. The monoisotopic (exact) mass is 321 g/mol. The van der Waals surface area contributed by atoms with Crippen molar-refractivity contribution >= 4 is 39.7 Å². The standard InChI is InChI=1S/C20H16ClNO/c1-15(16-8-3-2-4-9-16)22(20(23)14-21)19-13-7-11-17-10-5-6-12-18(17)19/h2-13H,1,14H2. The van der Waals surface area contributed by atoms with Crippen LogP contribution in [0.4, 0.5) is 5.69 Å². The van der Waals surface area contributed by atoms with E-state index >= 15 is 0 Å². The number of nitrogens with zero attached hydrogens (tertiary/aromatic N) is 1. The number of carbonyl (C=O) groups excluding carboxylic acids is 1. The number of amides is 1. The van der Waals surface area contributed by atoms with Crippen LogP contribution in [0.3, 0.4) is 0 Å². The number of rotatable bonds is 4. The van der Waals surface area contributed by atoms with Crippen LogP contribution < -0.4 is 4.90 Å². The molecule has 0 saturated carbocycles. The average molecular weight is 322 g/mol. The van der Waals surface area contributed by atoms with Crippen LogP contribution in [0, 0.1) is 0 Å². The van der Waals surface area contributed by atoms with Gasteiger partial charge in [-0.25, -0.2) is 0 Å². The van der Waals surface area contributed by atoms with Gasteiger partial charge in [0.05, 0.1) is 5.69 Å². The SMILES string of the molecule is C=C(c1ccccc1)N(C(=O)CCl)c1cccc2ccccc12. The van der Waals surface area contributed by atoms with Crippen molar-refractivity contribution in [3.8, 4) is 0 Å². The van der Waals surface area contributed by atoms with Crippen LogP contribution >= 0.6 is 11.6 Å². The quantitative estimate of drug-likeness (QED) is 0.613. The highest BCUT2D eigenvalue weighted by molar-refractivity contribution is 6.31. The Kier molecular flexibility index (Phi) is 4.45. The summed E-state index contributed by atoms with van der Waals surface area (Å²) in [5.74, 6) is -0.299. The zero-order chi connectivity index (χ0) is 16.2.